The van der Waals surface area contributed by atoms with Crippen molar-refractivity contribution in [1.29, 1.82) is 0 Å². The standard InChI is InChI=1S/C13H24N2O4/c1-8(11(16)14-13(2,3)4)15(5)10-7-19-6-9(10)12(17)18/h8-10H,6-7H2,1-5H3,(H,14,16)(H,17,18). The van der Waals surface area contributed by atoms with Gasteiger partial charge >= 0.3 is 5.97 Å². The van der Waals surface area contributed by atoms with E-state index in [2.05, 4.69) is 5.32 Å². The van der Waals surface area contributed by atoms with Crippen molar-refractivity contribution in [2.75, 3.05) is 20.3 Å². The molecular weight excluding hydrogens is 248 g/mol. The summed E-state index contributed by atoms with van der Waals surface area (Å²) in [6, 6.07) is -0.661. The van der Waals surface area contributed by atoms with E-state index < -0.39 is 17.9 Å². The Morgan fingerprint density at radius 3 is 2.42 bits per heavy atom. The van der Waals surface area contributed by atoms with Crippen molar-refractivity contribution in [3.63, 3.8) is 0 Å². The molecular formula is C13H24N2O4. The van der Waals surface area contributed by atoms with Crippen molar-refractivity contribution < 1.29 is 19.4 Å². The number of carbonyl (C=O) groups excluding carboxylic acids is 1. The molecule has 0 aromatic heterocycles. The normalized spacial score (nSPS) is 25.4. The maximum Gasteiger partial charge on any atom is 0.310 e. The van der Waals surface area contributed by atoms with Crippen LogP contribution < -0.4 is 5.32 Å². The highest BCUT2D eigenvalue weighted by Gasteiger charge is 2.39. The Hall–Kier alpha value is -1.14. The summed E-state index contributed by atoms with van der Waals surface area (Å²) < 4.78 is 5.23. The second-order valence-electron chi connectivity index (χ2n) is 6.13. The van der Waals surface area contributed by atoms with Gasteiger partial charge in [0.1, 0.15) is 0 Å². The van der Waals surface area contributed by atoms with E-state index in [9.17, 15) is 9.59 Å². The van der Waals surface area contributed by atoms with Crippen LogP contribution in [-0.4, -0.2) is 59.8 Å². The Morgan fingerprint density at radius 2 is 1.95 bits per heavy atom. The minimum absolute atomic E-state index is 0.106. The molecule has 3 atom stereocenters. The number of nitrogens with zero attached hydrogens (tertiary/aromatic N) is 1. The van der Waals surface area contributed by atoms with Crippen LogP contribution in [-0.2, 0) is 14.3 Å². The lowest BCUT2D eigenvalue weighted by atomic mass is 10.0. The van der Waals surface area contributed by atoms with E-state index in [1.807, 2.05) is 20.8 Å². The zero-order chi connectivity index (χ0) is 14.8. The number of carboxylic acid groups (broad SMARTS) is 1. The van der Waals surface area contributed by atoms with E-state index in [0.29, 0.717) is 6.61 Å². The van der Waals surface area contributed by atoms with E-state index in [0.717, 1.165) is 0 Å². The predicted molar refractivity (Wildman–Crippen MR) is 70.9 cm³/mol. The molecule has 6 nitrogen and oxygen atoms in total. The molecule has 3 unspecified atom stereocenters. The molecule has 6 heteroatoms. The topological polar surface area (TPSA) is 78.9 Å². The molecule has 19 heavy (non-hydrogen) atoms. The molecule has 0 aromatic carbocycles. The minimum atomic E-state index is -0.877. The molecule has 1 fully saturated rings. The molecule has 0 spiro atoms. The van der Waals surface area contributed by atoms with Gasteiger partial charge in [0, 0.05) is 11.6 Å². The molecule has 0 aromatic rings. The van der Waals surface area contributed by atoms with Crippen molar-refractivity contribution in [2.45, 2.75) is 45.3 Å². The van der Waals surface area contributed by atoms with Crippen molar-refractivity contribution in [3.8, 4) is 0 Å². The molecule has 0 radical (unpaired) electrons. The van der Waals surface area contributed by atoms with Gasteiger partial charge in [-0.15, -0.1) is 0 Å². The van der Waals surface area contributed by atoms with Crippen LogP contribution in [0.25, 0.3) is 0 Å². The molecule has 1 aliphatic heterocycles. The first-order chi connectivity index (χ1) is 8.63. The van der Waals surface area contributed by atoms with Crippen molar-refractivity contribution in [1.82, 2.24) is 10.2 Å². The van der Waals surface area contributed by atoms with Crippen LogP contribution in [0.2, 0.25) is 0 Å². The summed E-state index contributed by atoms with van der Waals surface area (Å²) in [6.07, 6.45) is 0. The van der Waals surface area contributed by atoms with Crippen LogP contribution in [0.5, 0.6) is 0 Å². The van der Waals surface area contributed by atoms with Gasteiger partial charge in [-0.2, -0.15) is 0 Å². The van der Waals surface area contributed by atoms with Crippen LogP contribution in [0.3, 0.4) is 0 Å². The number of nitrogens with one attached hydrogen (secondary N) is 1. The van der Waals surface area contributed by atoms with Crippen LogP contribution in [0.4, 0.5) is 0 Å². The van der Waals surface area contributed by atoms with Gasteiger partial charge < -0.3 is 15.2 Å². The summed E-state index contributed by atoms with van der Waals surface area (Å²) in [5, 5.41) is 12.0. The molecule has 0 bridgehead atoms. The van der Waals surface area contributed by atoms with E-state index in [1.54, 1.807) is 18.9 Å². The number of amides is 1. The Kier molecular flexibility index (Phi) is 4.92. The third-order valence-electron chi connectivity index (χ3n) is 3.38. The van der Waals surface area contributed by atoms with Gasteiger partial charge in [0.25, 0.3) is 0 Å². The Morgan fingerprint density at radius 1 is 1.37 bits per heavy atom. The fourth-order valence-electron chi connectivity index (χ4n) is 2.13. The van der Waals surface area contributed by atoms with E-state index in [4.69, 9.17) is 9.84 Å². The SMILES string of the molecule is CC(C(=O)NC(C)(C)C)N(C)C1COCC1C(=O)O. The number of rotatable bonds is 4. The first-order valence-corrected chi connectivity index (χ1v) is 6.48. The maximum atomic E-state index is 12.1. The Bertz CT molecular complexity index is 351. The van der Waals surface area contributed by atoms with E-state index >= 15 is 0 Å². The lowest BCUT2D eigenvalue weighted by Gasteiger charge is -2.33. The lowest BCUT2D eigenvalue weighted by Crippen LogP contribution is -2.54. The number of aliphatic carboxylic acids is 1. The highest BCUT2D eigenvalue weighted by Crippen LogP contribution is 2.21. The molecule has 1 rings (SSSR count). The average Bonchev–Trinajstić information content (AvgIpc) is 2.73. The van der Waals surface area contributed by atoms with Gasteiger partial charge in [-0.25, -0.2) is 0 Å². The van der Waals surface area contributed by atoms with Gasteiger partial charge in [0.2, 0.25) is 5.91 Å². The highest BCUT2D eigenvalue weighted by molar-refractivity contribution is 5.82. The number of hydrogen-bond donors (Lipinski definition) is 2. The second kappa shape index (κ2) is 5.88. The first-order valence-electron chi connectivity index (χ1n) is 6.48. The average molecular weight is 272 g/mol. The third kappa shape index (κ3) is 4.18. The monoisotopic (exact) mass is 272 g/mol. The lowest BCUT2D eigenvalue weighted by molar-refractivity contribution is -0.144. The Balaban J connectivity index is 2.68. The van der Waals surface area contributed by atoms with Crippen molar-refractivity contribution in [2.24, 2.45) is 5.92 Å². The number of carbonyl (C=O) groups is 2. The summed E-state index contributed by atoms with van der Waals surface area (Å²) >= 11 is 0. The first kappa shape index (κ1) is 15.9. The van der Waals surface area contributed by atoms with Crippen LogP contribution in [0, 0.1) is 5.92 Å². The Labute approximate surface area is 114 Å². The summed E-state index contributed by atoms with van der Waals surface area (Å²) in [5.41, 5.74) is -0.301. The van der Waals surface area contributed by atoms with Gasteiger partial charge in [0.05, 0.1) is 25.2 Å². The van der Waals surface area contributed by atoms with Gasteiger partial charge in [-0.3, -0.25) is 14.5 Å². The highest BCUT2D eigenvalue weighted by atomic mass is 16.5. The van der Waals surface area contributed by atoms with Gasteiger partial charge in [-0.05, 0) is 34.7 Å². The maximum absolute atomic E-state index is 12.1. The van der Waals surface area contributed by atoms with Crippen LogP contribution in [0.1, 0.15) is 27.7 Å². The van der Waals surface area contributed by atoms with Gasteiger partial charge in [-0.1, -0.05) is 0 Å². The minimum Gasteiger partial charge on any atom is -0.481 e. The summed E-state index contributed by atoms with van der Waals surface area (Å²) in [7, 11) is 1.77. The predicted octanol–water partition coefficient (Wildman–Crippen LogP) is 0.321. The molecule has 2 N–H and O–H groups in total. The molecule has 1 heterocycles. The largest absolute Gasteiger partial charge is 0.481 e. The molecule has 0 saturated carbocycles. The third-order valence-corrected chi connectivity index (χ3v) is 3.38. The van der Waals surface area contributed by atoms with E-state index in [1.165, 1.54) is 0 Å². The molecule has 1 amide bonds. The quantitative estimate of drug-likeness (QED) is 0.770. The van der Waals surface area contributed by atoms with Crippen LogP contribution >= 0.6 is 0 Å². The summed E-state index contributed by atoms with van der Waals surface area (Å²) in [5.74, 6) is -1.56. The van der Waals surface area contributed by atoms with Crippen molar-refractivity contribution >= 4 is 11.9 Å². The van der Waals surface area contributed by atoms with Gasteiger partial charge in [0.15, 0.2) is 0 Å². The molecule has 1 saturated heterocycles. The fraction of sp³-hybridized carbons (Fsp3) is 0.846. The smallest absolute Gasteiger partial charge is 0.310 e. The second-order valence-corrected chi connectivity index (χ2v) is 6.13. The number of ether oxygens (including phenoxy) is 1. The molecule has 1 aliphatic rings. The number of carboxylic acids is 1. The molecule has 0 aliphatic carbocycles. The summed E-state index contributed by atoms with van der Waals surface area (Å²) in [4.78, 5) is 25.0. The van der Waals surface area contributed by atoms with Crippen LogP contribution in [0.15, 0.2) is 0 Å². The van der Waals surface area contributed by atoms with Crippen molar-refractivity contribution in [3.05, 3.63) is 0 Å². The number of likely N-dealkylation sites (N-methyl/N-ethyl adjacent to an activating group) is 1. The number of hydrogen-bond acceptors (Lipinski definition) is 4. The van der Waals surface area contributed by atoms with E-state index in [-0.39, 0.29) is 24.1 Å². The fourth-order valence-corrected chi connectivity index (χ4v) is 2.13. The molecule has 110 valence electrons. The zero-order valence-electron chi connectivity index (χ0n) is 12.3. The zero-order valence-corrected chi connectivity index (χ0v) is 12.3. The summed E-state index contributed by atoms with van der Waals surface area (Å²) in [6.45, 7) is 8.07.